The molecule has 4 aliphatic rings. The molecule has 5 rings (SSSR count). The number of ether oxygens (including phenoxy) is 2. The summed E-state index contributed by atoms with van der Waals surface area (Å²) in [4.78, 5) is 45.9. The topological polar surface area (TPSA) is 96.4 Å². The molecule has 4 heterocycles. The van der Waals surface area contributed by atoms with Gasteiger partial charge in [0.1, 0.15) is 17.6 Å². The maximum atomic E-state index is 14.7. The zero-order valence-electron chi connectivity index (χ0n) is 24.2. The molecule has 4 aliphatic heterocycles. The summed E-state index contributed by atoms with van der Waals surface area (Å²) < 4.78 is 12.2. The van der Waals surface area contributed by atoms with Gasteiger partial charge >= 0.3 is 5.97 Å². The summed E-state index contributed by atoms with van der Waals surface area (Å²) in [5.41, 5.74) is -0.982. The quantitative estimate of drug-likeness (QED) is 0.432. The second kappa shape index (κ2) is 10.5. The van der Waals surface area contributed by atoms with Crippen LogP contribution in [0.2, 0.25) is 0 Å². The van der Waals surface area contributed by atoms with Gasteiger partial charge in [0, 0.05) is 12.1 Å². The van der Waals surface area contributed by atoms with Crippen LogP contribution in [-0.2, 0) is 30.3 Å². The molecule has 0 aliphatic carbocycles. The minimum atomic E-state index is -1.35. The third kappa shape index (κ3) is 4.90. The van der Waals surface area contributed by atoms with E-state index >= 15 is 0 Å². The van der Waals surface area contributed by atoms with Crippen LogP contribution < -0.4 is 0 Å². The van der Waals surface area contributed by atoms with Crippen LogP contribution >= 0.6 is 0 Å². The Balaban J connectivity index is 1.63. The molecule has 216 valence electrons. The monoisotopic (exact) mass is 550 g/mol. The fourth-order valence-corrected chi connectivity index (χ4v) is 7.51. The molecule has 1 spiro atoms. The SMILES string of the molecule is CC(C)(C)CC(C)(C)N1CC=C[C@]23O[C@@H]4C=CCCOC(=O)[C@@H]4[C@H]2C(=O)N([C@@H](CO)Cc2ccccc2)C3C1=O. The summed E-state index contributed by atoms with van der Waals surface area (Å²) in [6.45, 7) is 10.8. The smallest absolute Gasteiger partial charge is 0.312 e. The molecular weight excluding hydrogens is 508 g/mol. The van der Waals surface area contributed by atoms with Crippen molar-refractivity contribution in [3.8, 4) is 0 Å². The number of aliphatic hydroxyl groups excluding tert-OH is 1. The maximum absolute atomic E-state index is 14.7. The number of cyclic esters (lactones) is 1. The van der Waals surface area contributed by atoms with Gasteiger partial charge in [-0.15, -0.1) is 0 Å². The first-order valence-corrected chi connectivity index (χ1v) is 14.4. The molecule has 40 heavy (non-hydrogen) atoms. The average molecular weight is 551 g/mol. The summed E-state index contributed by atoms with van der Waals surface area (Å²) in [6.07, 6.45) is 8.48. The fraction of sp³-hybridized carbons (Fsp3) is 0.594. The highest BCUT2D eigenvalue weighted by atomic mass is 16.6. The molecule has 0 radical (unpaired) electrons. The molecule has 0 saturated carbocycles. The van der Waals surface area contributed by atoms with E-state index in [-0.39, 0.29) is 30.4 Å². The average Bonchev–Trinajstić information content (AvgIpc) is 3.25. The first-order valence-electron chi connectivity index (χ1n) is 14.4. The van der Waals surface area contributed by atoms with Gasteiger partial charge in [0.05, 0.1) is 31.3 Å². The van der Waals surface area contributed by atoms with Crippen LogP contribution in [0, 0.1) is 17.3 Å². The van der Waals surface area contributed by atoms with Gasteiger partial charge in [-0.3, -0.25) is 14.4 Å². The first-order chi connectivity index (χ1) is 18.9. The van der Waals surface area contributed by atoms with Crippen molar-refractivity contribution in [2.45, 2.75) is 83.2 Å². The summed E-state index contributed by atoms with van der Waals surface area (Å²) in [7, 11) is 0. The van der Waals surface area contributed by atoms with Crippen LogP contribution in [0.4, 0.5) is 0 Å². The minimum absolute atomic E-state index is 0.0456. The number of rotatable bonds is 6. The van der Waals surface area contributed by atoms with Crippen LogP contribution in [0.15, 0.2) is 54.6 Å². The molecule has 0 aromatic heterocycles. The molecule has 1 aromatic carbocycles. The number of fused-ring (bicyclic) bond motifs is 2. The number of hydrogen-bond donors (Lipinski definition) is 1. The lowest BCUT2D eigenvalue weighted by molar-refractivity contribution is -0.158. The molecule has 2 fully saturated rings. The molecule has 1 aromatic rings. The largest absolute Gasteiger partial charge is 0.465 e. The number of nitrogens with zero attached hydrogens (tertiary/aromatic N) is 2. The van der Waals surface area contributed by atoms with Gasteiger partial charge in [-0.2, -0.15) is 0 Å². The van der Waals surface area contributed by atoms with Crippen LogP contribution in [0.5, 0.6) is 0 Å². The molecule has 0 bridgehead atoms. The zero-order valence-corrected chi connectivity index (χ0v) is 24.2. The molecule has 8 nitrogen and oxygen atoms in total. The fourth-order valence-electron chi connectivity index (χ4n) is 7.51. The highest BCUT2D eigenvalue weighted by Crippen LogP contribution is 2.54. The Morgan fingerprint density at radius 2 is 1.77 bits per heavy atom. The van der Waals surface area contributed by atoms with Gasteiger partial charge in [-0.1, -0.05) is 75.4 Å². The van der Waals surface area contributed by atoms with Crippen molar-refractivity contribution >= 4 is 17.8 Å². The number of esters is 1. The van der Waals surface area contributed by atoms with Gasteiger partial charge < -0.3 is 24.4 Å². The zero-order chi connectivity index (χ0) is 28.9. The minimum Gasteiger partial charge on any atom is -0.465 e. The molecule has 1 N–H and O–H groups in total. The summed E-state index contributed by atoms with van der Waals surface area (Å²) in [5.74, 6) is -2.88. The second-order valence-corrected chi connectivity index (χ2v) is 13.4. The number of carbonyl (C=O) groups excluding carboxylic acids is 3. The summed E-state index contributed by atoms with van der Waals surface area (Å²) in [6, 6.07) is 7.91. The van der Waals surface area contributed by atoms with Crippen molar-refractivity contribution in [3.63, 3.8) is 0 Å². The van der Waals surface area contributed by atoms with E-state index in [1.807, 2.05) is 59.5 Å². The van der Waals surface area contributed by atoms with E-state index in [0.29, 0.717) is 19.4 Å². The normalized spacial score (nSPS) is 31.2. The van der Waals surface area contributed by atoms with Gasteiger partial charge in [0.2, 0.25) is 11.8 Å². The van der Waals surface area contributed by atoms with Gasteiger partial charge in [-0.05, 0) is 44.1 Å². The van der Waals surface area contributed by atoms with E-state index in [1.54, 1.807) is 0 Å². The number of aliphatic hydroxyl groups is 1. The molecule has 2 saturated heterocycles. The van der Waals surface area contributed by atoms with E-state index in [9.17, 15) is 19.5 Å². The molecular formula is C32H42N2O6. The molecule has 8 heteroatoms. The number of amides is 2. The van der Waals surface area contributed by atoms with E-state index in [2.05, 4.69) is 34.6 Å². The summed E-state index contributed by atoms with van der Waals surface area (Å²) >= 11 is 0. The molecule has 6 atom stereocenters. The highest BCUT2D eigenvalue weighted by molar-refractivity contribution is 5.99. The Hall–Kier alpha value is -2.97. The first kappa shape index (κ1) is 28.6. The molecule has 2 amide bonds. The van der Waals surface area contributed by atoms with E-state index in [0.717, 1.165) is 12.0 Å². The summed E-state index contributed by atoms with van der Waals surface area (Å²) in [5, 5.41) is 10.6. The van der Waals surface area contributed by atoms with Crippen molar-refractivity contribution in [2.75, 3.05) is 19.8 Å². The highest BCUT2D eigenvalue weighted by Gasteiger charge is 2.72. The third-order valence-corrected chi connectivity index (χ3v) is 8.67. The van der Waals surface area contributed by atoms with Crippen molar-refractivity contribution in [2.24, 2.45) is 17.3 Å². The van der Waals surface area contributed by atoms with Crippen LogP contribution in [0.1, 0.15) is 53.0 Å². The Morgan fingerprint density at radius 3 is 2.45 bits per heavy atom. The standard InChI is InChI=1S/C32H42N2O6/c1-30(2,3)20-31(4,5)33-16-11-15-32-25(24-23(40-32)14-9-10-17-39-29(24)38)27(36)34(26(32)28(33)37)22(19-35)18-21-12-7-6-8-13-21/h6-9,11-15,22-26,35H,10,16-20H2,1-5H3/t22-,23-,24+,25+,26?,32+/m1/s1. The van der Waals surface area contributed by atoms with Gasteiger partial charge in [0.15, 0.2) is 0 Å². The maximum Gasteiger partial charge on any atom is 0.312 e. The lowest BCUT2D eigenvalue weighted by Crippen LogP contribution is -2.62. The Morgan fingerprint density at radius 1 is 1.05 bits per heavy atom. The Labute approximate surface area is 237 Å². The van der Waals surface area contributed by atoms with Gasteiger partial charge in [-0.25, -0.2) is 0 Å². The number of benzene rings is 1. The van der Waals surface area contributed by atoms with Crippen LogP contribution in [0.3, 0.4) is 0 Å². The molecule has 1 unspecified atom stereocenters. The second-order valence-electron chi connectivity index (χ2n) is 13.4. The number of hydrogen-bond acceptors (Lipinski definition) is 6. The van der Waals surface area contributed by atoms with E-state index < -0.39 is 47.1 Å². The van der Waals surface area contributed by atoms with Crippen LogP contribution in [-0.4, -0.2) is 81.8 Å². The lowest BCUT2D eigenvalue weighted by atomic mass is 9.77. The number of carbonyl (C=O) groups is 3. The van der Waals surface area contributed by atoms with E-state index in [1.165, 1.54) is 4.90 Å². The number of likely N-dealkylation sites (tertiary alicyclic amines) is 1. The van der Waals surface area contributed by atoms with Crippen molar-refractivity contribution in [1.82, 2.24) is 9.80 Å². The predicted octanol–water partition coefficient (Wildman–Crippen LogP) is 3.29. The van der Waals surface area contributed by atoms with Crippen molar-refractivity contribution in [3.05, 3.63) is 60.2 Å². The predicted molar refractivity (Wildman–Crippen MR) is 150 cm³/mol. The van der Waals surface area contributed by atoms with Crippen LogP contribution in [0.25, 0.3) is 0 Å². The Bertz CT molecular complexity index is 1200. The third-order valence-electron chi connectivity index (χ3n) is 8.67. The van der Waals surface area contributed by atoms with Crippen molar-refractivity contribution in [1.29, 1.82) is 0 Å². The van der Waals surface area contributed by atoms with E-state index in [4.69, 9.17) is 9.47 Å². The van der Waals surface area contributed by atoms with Crippen molar-refractivity contribution < 1.29 is 29.0 Å². The Kier molecular flexibility index (Phi) is 7.46. The lowest BCUT2D eigenvalue weighted by Gasteiger charge is -2.45. The van der Waals surface area contributed by atoms with Gasteiger partial charge in [0.25, 0.3) is 0 Å².